The molecule has 3 saturated heterocycles. The first-order chi connectivity index (χ1) is 23.9. The van der Waals surface area contributed by atoms with Gasteiger partial charge >= 0.3 is 12.2 Å². The summed E-state index contributed by atoms with van der Waals surface area (Å²) in [6.07, 6.45) is -0.601. The molecule has 1 spiro atoms. The Kier molecular flexibility index (Phi) is 8.07. The minimum atomic E-state index is -5.08. The van der Waals surface area contributed by atoms with Gasteiger partial charge in [0.2, 0.25) is 11.6 Å². The van der Waals surface area contributed by atoms with E-state index in [9.17, 15) is 22.0 Å². The van der Waals surface area contributed by atoms with Crippen LogP contribution in [0.4, 0.5) is 37.0 Å². The number of anilines is 1. The second kappa shape index (κ2) is 12.1. The number of nitrogen functional groups attached to an aromatic ring is 1. The Morgan fingerprint density at radius 2 is 1.92 bits per heavy atom. The normalized spacial score (nSPS) is 25.1. The van der Waals surface area contributed by atoms with Crippen LogP contribution in [-0.2, 0) is 6.18 Å². The molecule has 4 fully saturated rings. The Morgan fingerprint density at radius 3 is 2.68 bits per heavy atom. The van der Waals surface area contributed by atoms with Crippen LogP contribution in [0, 0.1) is 23.6 Å². The zero-order chi connectivity index (χ0) is 35.0. The molecule has 4 aromatic rings. The highest BCUT2D eigenvalue weighted by Crippen LogP contribution is 2.51. The summed E-state index contributed by atoms with van der Waals surface area (Å²) in [4.78, 5) is 14.1. The van der Waals surface area contributed by atoms with Crippen molar-refractivity contribution in [3.63, 3.8) is 0 Å². The smallest absolute Gasteiger partial charge is 0.417 e. The molecule has 0 bridgehead atoms. The van der Waals surface area contributed by atoms with Crippen molar-refractivity contribution in [3.05, 3.63) is 46.8 Å². The predicted octanol–water partition coefficient (Wildman–Crippen LogP) is 8.20. The van der Waals surface area contributed by atoms with Crippen molar-refractivity contribution in [2.24, 2.45) is 5.41 Å². The molecular weight excluding hydrogens is 682 g/mol. The second-order valence-corrected chi connectivity index (χ2v) is 15.2. The standard InChI is InChI=1S/C35H34F6N6O2S/c1-43-28-25-20(3-4-23(37)29(25)50-30(28)42)24-22(35(39,40)41)13-21-27(26(24)38)45-32(48-17-34-6-2-12-47(34)16-18(36)14-34)46-31(21)49-19-5-7-33(15-19)8-10-44-11-9-33/h3-4,13,18-19,44H,2,5-12,14-17,42H2. The fourth-order valence-corrected chi connectivity index (χ4v) is 9.72. The molecular formula is C35H34F6N6O2S. The van der Waals surface area contributed by atoms with Crippen molar-refractivity contribution < 1.29 is 35.8 Å². The van der Waals surface area contributed by atoms with Gasteiger partial charge in [0, 0.05) is 23.9 Å². The largest absolute Gasteiger partial charge is 0.474 e. The first-order valence-electron chi connectivity index (χ1n) is 16.8. The number of hydrogen-bond donors (Lipinski definition) is 2. The number of nitrogens with two attached hydrogens (primary N) is 1. The molecule has 8 rings (SSSR count). The lowest BCUT2D eigenvalue weighted by Crippen LogP contribution is -2.43. The molecule has 3 aliphatic heterocycles. The van der Waals surface area contributed by atoms with E-state index in [4.69, 9.17) is 21.8 Å². The van der Waals surface area contributed by atoms with Gasteiger partial charge in [0.1, 0.15) is 30.2 Å². The molecule has 15 heteroatoms. The van der Waals surface area contributed by atoms with E-state index in [1.165, 1.54) is 0 Å². The number of benzene rings is 2. The zero-order valence-electron chi connectivity index (χ0n) is 26.9. The van der Waals surface area contributed by atoms with Crippen molar-refractivity contribution in [1.29, 1.82) is 0 Å². The van der Waals surface area contributed by atoms with Gasteiger partial charge in [-0.1, -0.05) is 6.07 Å². The minimum absolute atomic E-state index is 0.00808. The third kappa shape index (κ3) is 5.50. The number of nitrogens with one attached hydrogen (secondary N) is 1. The van der Waals surface area contributed by atoms with Gasteiger partial charge in [-0.25, -0.2) is 18.0 Å². The maximum absolute atomic E-state index is 17.0. The number of piperidine rings is 1. The van der Waals surface area contributed by atoms with Gasteiger partial charge in [-0.3, -0.25) is 4.90 Å². The SMILES string of the molecule is [C-]#[N+]c1c(N)sc2c(F)ccc(-c3c(C(F)(F)F)cc4c(OC5CCC6(CCNCC6)C5)nc(OCC56CCCN5CC(F)C6)nc4c3F)c12. The van der Waals surface area contributed by atoms with Crippen molar-refractivity contribution in [1.82, 2.24) is 20.2 Å². The molecule has 50 heavy (non-hydrogen) atoms. The van der Waals surface area contributed by atoms with E-state index in [1.54, 1.807) is 0 Å². The number of ether oxygens (including phenoxy) is 2. The average molecular weight is 717 g/mol. The monoisotopic (exact) mass is 716 g/mol. The highest BCUT2D eigenvalue weighted by Gasteiger charge is 2.49. The van der Waals surface area contributed by atoms with Crippen LogP contribution in [0.3, 0.4) is 0 Å². The summed E-state index contributed by atoms with van der Waals surface area (Å²) >= 11 is 0.704. The third-order valence-corrected chi connectivity index (χ3v) is 12.2. The van der Waals surface area contributed by atoms with Gasteiger partial charge in [-0.2, -0.15) is 23.1 Å². The molecule has 2 aromatic heterocycles. The summed E-state index contributed by atoms with van der Waals surface area (Å²) in [5, 5.41) is 2.75. The van der Waals surface area contributed by atoms with Crippen LogP contribution >= 0.6 is 11.3 Å². The average Bonchev–Trinajstić information content (AvgIpc) is 3.82. The summed E-state index contributed by atoms with van der Waals surface area (Å²) in [7, 11) is 0. The van der Waals surface area contributed by atoms with Gasteiger partial charge in [-0.05, 0) is 87.7 Å². The number of thiophene rings is 1. The van der Waals surface area contributed by atoms with E-state index in [0.717, 1.165) is 57.0 Å². The lowest BCUT2D eigenvalue weighted by molar-refractivity contribution is -0.137. The molecule has 4 aliphatic rings. The van der Waals surface area contributed by atoms with Gasteiger partial charge in [0.25, 0.3) is 0 Å². The number of alkyl halides is 4. The first kappa shape index (κ1) is 33.3. The molecule has 3 N–H and O–H groups in total. The van der Waals surface area contributed by atoms with Crippen LogP contribution in [0.25, 0.3) is 37.0 Å². The van der Waals surface area contributed by atoms with Crippen molar-refractivity contribution in [2.75, 3.05) is 38.5 Å². The molecule has 1 aliphatic carbocycles. The summed E-state index contributed by atoms with van der Waals surface area (Å²) in [6, 6.07) is 2.40. The van der Waals surface area contributed by atoms with Gasteiger partial charge in [0.15, 0.2) is 5.82 Å². The number of aromatic nitrogens is 2. The molecule has 3 atom stereocenters. The quantitative estimate of drug-likeness (QED) is 0.154. The molecule has 8 nitrogen and oxygen atoms in total. The highest BCUT2D eigenvalue weighted by molar-refractivity contribution is 7.23. The number of nitrogens with zero attached hydrogens (tertiary/aromatic N) is 4. The number of fused-ring (bicyclic) bond motifs is 3. The van der Waals surface area contributed by atoms with E-state index in [1.807, 2.05) is 4.90 Å². The maximum Gasteiger partial charge on any atom is 0.417 e. The van der Waals surface area contributed by atoms with E-state index in [-0.39, 0.29) is 74.7 Å². The predicted molar refractivity (Wildman–Crippen MR) is 177 cm³/mol. The molecule has 1 saturated carbocycles. The second-order valence-electron chi connectivity index (χ2n) is 14.1. The fraction of sp³-hybridized carbons (Fsp3) is 0.514. The summed E-state index contributed by atoms with van der Waals surface area (Å²) in [6.45, 7) is 10.3. The molecule has 3 unspecified atom stereocenters. The third-order valence-electron chi connectivity index (χ3n) is 11.2. The summed E-state index contributed by atoms with van der Waals surface area (Å²) in [5.74, 6) is -2.39. The van der Waals surface area contributed by atoms with Crippen LogP contribution in [0.15, 0.2) is 18.2 Å². The Bertz CT molecular complexity index is 2040. The fourth-order valence-electron chi connectivity index (χ4n) is 8.79. The Labute approximate surface area is 287 Å². The summed E-state index contributed by atoms with van der Waals surface area (Å²) < 4.78 is 104. The molecule has 0 amide bonds. The van der Waals surface area contributed by atoms with E-state index >= 15 is 4.39 Å². The highest BCUT2D eigenvalue weighted by atomic mass is 32.1. The van der Waals surface area contributed by atoms with Crippen LogP contribution in [0.2, 0.25) is 0 Å². The number of halogens is 6. The van der Waals surface area contributed by atoms with Gasteiger partial charge < -0.3 is 20.5 Å². The maximum atomic E-state index is 17.0. The van der Waals surface area contributed by atoms with Crippen LogP contribution in [0.5, 0.6) is 11.9 Å². The molecule has 5 heterocycles. The first-order valence-corrected chi connectivity index (χ1v) is 17.6. The Morgan fingerprint density at radius 1 is 1.12 bits per heavy atom. The molecule has 264 valence electrons. The number of rotatable bonds is 6. The van der Waals surface area contributed by atoms with E-state index in [2.05, 4.69) is 20.1 Å². The zero-order valence-corrected chi connectivity index (χ0v) is 27.8. The van der Waals surface area contributed by atoms with Gasteiger partial charge in [0.05, 0.1) is 32.8 Å². The minimum Gasteiger partial charge on any atom is -0.474 e. The Balaban J connectivity index is 1.29. The lowest BCUT2D eigenvalue weighted by Gasteiger charge is -2.33. The topological polar surface area (TPSA) is 89.9 Å². The number of hydrogen-bond acceptors (Lipinski definition) is 8. The molecule has 2 aromatic carbocycles. The van der Waals surface area contributed by atoms with Crippen molar-refractivity contribution in [3.8, 4) is 23.0 Å². The lowest BCUT2D eigenvalue weighted by atomic mass is 9.77. The van der Waals surface area contributed by atoms with E-state index < -0.39 is 46.2 Å². The summed E-state index contributed by atoms with van der Waals surface area (Å²) in [5.41, 5.74) is 2.06. The van der Waals surface area contributed by atoms with Crippen LogP contribution in [-0.4, -0.2) is 65.5 Å². The van der Waals surface area contributed by atoms with Crippen LogP contribution < -0.4 is 20.5 Å². The van der Waals surface area contributed by atoms with E-state index in [0.29, 0.717) is 37.1 Å². The van der Waals surface area contributed by atoms with Crippen molar-refractivity contribution in [2.45, 2.75) is 75.4 Å². The van der Waals surface area contributed by atoms with Gasteiger partial charge in [-0.15, -0.1) is 11.3 Å². The Hall–Kier alpha value is -3.87. The van der Waals surface area contributed by atoms with Crippen LogP contribution in [0.1, 0.15) is 56.9 Å². The molecule has 0 radical (unpaired) electrons. The van der Waals surface area contributed by atoms with Crippen molar-refractivity contribution >= 4 is 43.0 Å².